The number of nitrogens with one attached hydrogen (secondary N) is 2. The van der Waals surface area contributed by atoms with Gasteiger partial charge in [-0.15, -0.1) is 35.7 Å². The van der Waals surface area contributed by atoms with Crippen molar-refractivity contribution in [3.8, 4) is 0 Å². The van der Waals surface area contributed by atoms with E-state index in [2.05, 4.69) is 65.8 Å². The number of thioether (sulfide) groups is 1. The van der Waals surface area contributed by atoms with Crippen molar-refractivity contribution < 1.29 is 4.74 Å². The Balaban J connectivity index is 0.00000625. The highest BCUT2D eigenvalue weighted by atomic mass is 127. The fraction of sp³-hybridized carbons (Fsp3) is 0.632. The van der Waals surface area contributed by atoms with E-state index in [1.807, 2.05) is 24.8 Å². The third-order valence-electron chi connectivity index (χ3n) is 3.66. The van der Waals surface area contributed by atoms with Crippen molar-refractivity contribution in [3.63, 3.8) is 0 Å². The second-order valence-electron chi connectivity index (χ2n) is 6.24. The fourth-order valence-electron chi connectivity index (χ4n) is 2.33. The van der Waals surface area contributed by atoms with E-state index in [0.717, 1.165) is 38.6 Å². The first-order valence-electron chi connectivity index (χ1n) is 8.97. The molecule has 0 aliphatic carbocycles. The zero-order valence-corrected chi connectivity index (χ0v) is 19.8. The van der Waals surface area contributed by atoms with Crippen molar-refractivity contribution >= 4 is 41.7 Å². The predicted molar refractivity (Wildman–Crippen MR) is 125 cm³/mol. The van der Waals surface area contributed by atoms with Gasteiger partial charge in [-0.3, -0.25) is 4.99 Å². The molecule has 0 saturated carbocycles. The highest BCUT2D eigenvalue weighted by Gasteiger charge is 2.11. The van der Waals surface area contributed by atoms with Crippen molar-refractivity contribution in [1.29, 1.82) is 0 Å². The number of nitrogens with zero attached hydrogens (tertiary/aromatic N) is 2. The summed E-state index contributed by atoms with van der Waals surface area (Å²) in [4.78, 5) is 7.79. The molecule has 7 heteroatoms. The monoisotopic (exact) mass is 494 g/mol. The Morgan fingerprint density at radius 1 is 1.19 bits per heavy atom. The number of rotatable bonds is 11. The lowest BCUT2D eigenvalue weighted by Crippen LogP contribution is -2.44. The van der Waals surface area contributed by atoms with Crippen molar-refractivity contribution in [2.75, 3.05) is 47.4 Å². The van der Waals surface area contributed by atoms with E-state index in [-0.39, 0.29) is 30.1 Å². The topological polar surface area (TPSA) is 48.9 Å². The van der Waals surface area contributed by atoms with Crippen LogP contribution < -0.4 is 10.6 Å². The SMILES string of the molecule is CCOC(CCN(C)C)CNC(=NC)NCC(C)Sc1ccccc1.I. The predicted octanol–water partition coefficient (Wildman–Crippen LogP) is 3.31. The second kappa shape index (κ2) is 15.5. The van der Waals surface area contributed by atoms with Gasteiger partial charge >= 0.3 is 0 Å². The van der Waals surface area contributed by atoms with Crippen LogP contribution in [0.15, 0.2) is 40.2 Å². The van der Waals surface area contributed by atoms with Crippen LogP contribution in [0.3, 0.4) is 0 Å². The smallest absolute Gasteiger partial charge is 0.191 e. The summed E-state index contributed by atoms with van der Waals surface area (Å²) in [5.74, 6) is 0.829. The molecule has 0 amide bonds. The van der Waals surface area contributed by atoms with Crippen LogP contribution in [0.4, 0.5) is 0 Å². The minimum absolute atomic E-state index is 0. The first-order chi connectivity index (χ1) is 12.0. The normalized spacial score (nSPS) is 13.8. The van der Waals surface area contributed by atoms with Crippen molar-refractivity contribution in [2.45, 2.75) is 36.5 Å². The Bertz CT molecular complexity index is 488. The maximum Gasteiger partial charge on any atom is 0.191 e. The molecule has 1 aromatic carbocycles. The van der Waals surface area contributed by atoms with Gasteiger partial charge in [-0.05, 0) is 39.6 Å². The third kappa shape index (κ3) is 12.0. The van der Waals surface area contributed by atoms with Gasteiger partial charge in [0.1, 0.15) is 0 Å². The van der Waals surface area contributed by atoms with E-state index in [0.29, 0.717) is 5.25 Å². The molecule has 2 atom stereocenters. The Hall–Kier alpha value is -0.510. The first kappa shape index (κ1) is 25.5. The largest absolute Gasteiger partial charge is 0.377 e. The van der Waals surface area contributed by atoms with Crippen LogP contribution >= 0.6 is 35.7 Å². The van der Waals surface area contributed by atoms with Gasteiger partial charge < -0.3 is 20.3 Å². The van der Waals surface area contributed by atoms with Crippen LogP contribution in [-0.4, -0.2) is 69.6 Å². The summed E-state index contributed by atoms with van der Waals surface area (Å²) in [5, 5.41) is 7.24. The molecular formula is C19H35IN4OS. The summed E-state index contributed by atoms with van der Waals surface area (Å²) in [6.45, 7) is 7.63. The van der Waals surface area contributed by atoms with Gasteiger partial charge in [-0.2, -0.15) is 0 Å². The Morgan fingerprint density at radius 2 is 1.85 bits per heavy atom. The van der Waals surface area contributed by atoms with Crippen molar-refractivity contribution in [1.82, 2.24) is 15.5 Å². The number of ether oxygens (including phenoxy) is 1. The van der Waals surface area contributed by atoms with Crippen molar-refractivity contribution in [2.24, 2.45) is 4.99 Å². The molecule has 1 rings (SSSR count). The number of halogens is 1. The standard InChI is InChI=1S/C19H34N4OS.HI/c1-6-24-17(12-13-23(4)5)15-22-19(20-3)21-14-16(2)25-18-10-8-7-9-11-18;/h7-11,16-17H,6,12-15H2,1-5H3,(H2,20,21,22);1H. The average molecular weight is 494 g/mol. The zero-order valence-electron chi connectivity index (χ0n) is 16.7. The second-order valence-corrected chi connectivity index (χ2v) is 7.76. The van der Waals surface area contributed by atoms with Crippen molar-refractivity contribution in [3.05, 3.63) is 30.3 Å². The van der Waals surface area contributed by atoms with Crippen LogP contribution in [-0.2, 0) is 4.74 Å². The lowest BCUT2D eigenvalue weighted by molar-refractivity contribution is 0.0548. The van der Waals surface area contributed by atoms with Crippen LogP contribution in [0, 0.1) is 0 Å². The summed E-state index contributed by atoms with van der Waals surface area (Å²) in [5.41, 5.74) is 0. The highest BCUT2D eigenvalue weighted by molar-refractivity contribution is 14.0. The summed E-state index contributed by atoms with van der Waals surface area (Å²) < 4.78 is 5.82. The molecule has 0 bridgehead atoms. The summed E-state index contributed by atoms with van der Waals surface area (Å²) >= 11 is 1.86. The van der Waals surface area contributed by atoms with Gasteiger partial charge in [0.25, 0.3) is 0 Å². The highest BCUT2D eigenvalue weighted by Crippen LogP contribution is 2.21. The van der Waals surface area contributed by atoms with E-state index < -0.39 is 0 Å². The van der Waals surface area contributed by atoms with Gasteiger partial charge in [-0.1, -0.05) is 25.1 Å². The van der Waals surface area contributed by atoms with Crippen LogP contribution in [0.2, 0.25) is 0 Å². The van der Waals surface area contributed by atoms with Gasteiger partial charge in [0.2, 0.25) is 0 Å². The maximum atomic E-state index is 5.82. The molecule has 1 aromatic rings. The number of aliphatic imine (C=N–C) groups is 1. The molecular weight excluding hydrogens is 459 g/mol. The Labute approximate surface area is 180 Å². The number of hydrogen-bond donors (Lipinski definition) is 2. The Kier molecular flexibility index (Phi) is 15.2. The van der Waals surface area contributed by atoms with E-state index in [1.165, 1.54) is 4.90 Å². The molecule has 0 aliphatic rings. The lowest BCUT2D eigenvalue weighted by Gasteiger charge is -2.22. The van der Waals surface area contributed by atoms with Crippen LogP contribution in [0.5, 0.6) is 0 Å². The average Bonchev–Trinajstić information content (AvgIpc) is 2.60. The minimum Gasteiger partial charge on any atom is -0.377 e. The first-order valence-corrected chi connectivity index (χ1v) is 9.85. The molecule has 150 valence electrons. The third-order valence-corrected chi connectivity index (χ3v) is 4.77. The molecule has 0 aromatic heterocycles. The molecule has 0 saturated heterocycles. The molecule has 0 radical (unpaired) electrons. The van der Waals surface area contributed by atoms with Gasteiger partial charge in [0.05, 0.1) is 6.10 Å². The van der Waals surface area contributed by atoms with E-state index in [4.69, 9.17) is 4.74 Å². The molecule has 0 heterocycles. The number of guanidine groups is 1. The van der Waals surface area contributed by atoms with Crippen LogP contribution in [0.1, 0.15) is 20.3 Å². The van der Waals surface area contributed by atoms with Gasteiger partial charge in [-0.25, -0.2) is 0 Å². The number of benzene rings is 1. The minimum atomic E-state index is 0. The fourth-order valence-corrected chi connectivity index (χ4v) is 3.27. The summed E-state index contributed by atoms with van der Waals surface area (Å²) in [6.07, 6.45) is 1.20. The molecule has 2 N–H and O–H groups in total. The summed E-state index contributed by atoms with van der Waals surface area (Å²) in [7, 11) is 5.98. The molecule has 0 aliphatic heterocycles. The lowest BCUT2D eigenvalue weighted by atomic mass is 10.2. The van der Waals surface area contributed by atoms with E-state index in [9.17, 15) is 0 Å². The molecule has 2 unspecified atom stereocenters. The van der Waals surface area contributed by atoms with Gasteiger partial charge in [0.15, 0.2) is 5.96 Å². The molecule has 0 fully saturated rings. The van der Waals surface area contributed by atoms with Crippen LogP contribution in [0.25, 0.3) is 0 Å². The van der Waals surface area contributed by atoms with E-state index >= 15 is 0 Å². The summed E-state index contributed by atoms with van der Waals surface area (Å²) in [6, 6.07) is 10.5. The Morgan fingerprint density at radius 3 is 2.42 bits per heavy atom. The molecule has 5 nitrogen and oxygen atoms in total. The number of hydrogen-bond acceptors (Lipinski definition) is 4. The van der Waals surface area contributed by atoms with Gasteiger partial charge in [0, 0.05) is 43.4 Å². The molecule has 0 spiro atoms. The maximum absolute atomic E-state index is 5.82. The van der Waals surface area contributed by atoms with E-state index in [1.54, 1.807) is 7.05 Å². The quantitative estimate of drug-likeness (QED) is 0.214. The molecule has 26 heavy (non-hydrogen) atoms. The zero-order chi connectivity index (χ0) is 18.5.